The van der Waals surface area contributed by atoms with E-state index >= 15 is 0 Å². The smallest absolute Gasteiger partial charge is 0.149 e. The van der Waals surface area contributed by atoms with Crippen molar-refractivity contribution in [3.8, 4) is 17.6 Å². The van der Waals surface area contributed by atoms with Gasteiger partial charge in [-0.2, -0.15) is 0 Å². The number of rotatable bonds is 2. The summed E-state index contributed by atoms with van der Waals surface area (Å²) in [6, 6.07) is 13.9. The molecule has 0 fully saturated rings. The predicted molar refractivity (Wildman–Crippen MR) is 82.4 cm³/mol. The van der Waals surface area contributed by atoms with Gasteiger partial charge in [0, 0.05) is 10.0 Å². The number of hydrogen-bond acceptors (Lipinski definition) is 1. The Morgan fingerprint density at radius 2 is 1.68 bits per heavy atom. The van der Waals surface area contributed by atoms with Gasteiger partial charge in [-0.25, -0.2) is 0 Å². The fourth-order valence-electron chi connectivity index (χ4n) is 1.77. The lowest BCUT2D eigenvalue weighted by Gasteiger charge is -2.07. The van der Waals surface area contributed by atoms with Gasteiger partial charge in [-0.15, -0.1) is 0 Å². The van der Waals surface area contributed by atoms with Gasteiger partial charge in [0.15, 0.2) is 0 Å². The molecule has 0 aliphatic heterocycles. The molecule has 2 aromatic rings. The summed E-state index contributed by atoms with van der Waals surface area (Å²) in [6.45, 7) is 4.51. The summed E-state index contributed by atoms with van der Waals surface area (Å²) in [5.41, 5.74) is 3.35. The third-order valence-corrected chi connectivity index (χ3v) is 3.98. The average molecular weight is 315 g/mol. The van der Waals surface area contributed by atoms with Gasteiger partial charge in [-0.3, -0.25) is 0 Å². The normalized spacial score (nSPS) is 9.63. The van der Waals surface area contributed by atoms with E-state index < -0.39 is 0 Å². The van der Waals surface area contributed by atoms with Gasteiger partial charge in [0.2, 0.25) is 0 Å². The Balaban J connectivity index is 1.99. The van der Waals surface area contributed by atoms with Gasteiger partial charge >= 0.3 is 0 Å². The third-order valence-electron chi connectivity index (χ3n) is 2.73. The van der Waals surface area contributed by atoms with Gasteiger partial charge in [0.1, 0.15) is 12.4 Å². The molecule has 0 atom stereocenters. The Hall–Kier alpha value is -1.72. The monoisotopic (exact) mass is 314 g/mol. The summed E-state index contributed by atoms with van der Waals surface area (Å²) in [6.07, 6.45) is 0. The van der Waals surface area contributed by atoms with Crippen molar-refractivity contribution in [2.24, 2.45) is 0 Å². The number of ether oxygens (including phenoxy) is 1. The van der Waals surface area contributed by atoms with Crippen LogP contribution in [-0.2, 0) is 0 Å². The number of benzene rings is 2. The molecule has 0 amide bonds. The summed E-state index contributed by atoms with van der Waals surface area (Å²) < 4.78 is 6.78. The first-order chi connectivity index (χ1) is 9.16. The zero-order chi connectivity index (χ0) is 13.7. The molecule has 0 unspecified atom stereocenters. The summed E-state index contributed by atoms with van der Waals surface area (Å²) in [7, 11) is 0. The first-order valence-corrected chi connectivity index (χ1v) is 6.89. The molecular weight excluding hydrogens is 300 g/mol. The van der Waals surface area contributed by atoms with E-state index in [1.54, 1.807) is 0 Å². The second-order valence-corrected chi connectivity index (χ2v) is 5.12. The molecule has 0 bridgehead atoms. The van der Waals surface area contributed by atoms with Gasteiger partial charge in [-0.05, 0) is 49.2 Å². The molecule has 0 spiro atoms. The van der Waals surface area contributed by atoms with Crippen molar-refractivity contribution in [1.82, 2.24) is 0 Å². The first-order valence-electron chi connectivity index (χ1n) is 6.10. The van der Waals surface area contributed by atoms with E-state index in [9.17, 15) is 0 Å². The number of aryl methyl sites for hydroxylation is 2. The van der Waals surface area contributed by atoms with Crippen molar-refractivity contribution in [3.05, 3.63) is 63.6 Å². The maximum atomic E-state index is 5.65. The van der Waals surface area contributed by atoms with Gasteiger partial charge in [0.25, 0.3) is 0 Å². The number of halogens is 1. The Morgan fingerprint density at radius 1 is 1.05 bits per heavy atom. The zero-order valence-corrected chi connectivity index (χ0v) is 12.6. The highest BCUT2D eigenvalue weighted by molar-refractivity contribution is 9.10. The summed E-state index contributed by atoms with van der Waals surface area (Å²) in [5.74, 6) is 6.95. The van der Waals surface area contributed by atoms with E-state index in [0.717, 1.165) is 15.8 Å². The van der Waals surface area contributed by atoms with Crippen LogP contribution in [0.2, 0.25) is 0 Å². The van der Waals surface area contributed by atoms with Crippen LogP contribution in [0.1, 0.15) is 16.7 Å². The minimum atomic E-state index is 0.398. The minimum Gasteiger partial charge on any atom is -0.481 e. The second kappa shape index (κ2) is 6.45. The van der Waals surface area contributed by atoms with Crippen LogP contribution >= 0.6 is 15.9 Å². The number of hydrogen-bond donors (Lipinski definition) is 0. The van der Waals surface area contributed by atoms with Gasteiger partial charge < -0.3 is 4.74 Å². The maximum absolute atomic E-state index is 5.65. The zero-order valence-electron chi connectivity index (χ0n) is 11.0. The highest BCUT2D eigenvalue weighted by Crippen LogP contribution is 2.26. The molecule has 19 heavy (non-hydrogen) atoms. The molecule has 0 N–H and O–H groups in total. The molecular formula is C17H15BrO. The largest absolute Gasteiger partial charge is 0.481 e. The Bertz CT molecular complexity index is 598. The van der Waals surface area contributed by atoms with Crippen molar-refractivity contribution in [1.29, 1.82) is 0 Å². The molecule has 2 aromatic carbocycles. The summed E-state index contributed by atoms with van der Waals surface area (Å²) >= 11 is 3.54. The highest BCUT2D eigenvalue weighted by Gasteiger charge is 2.02. The molecule has 0 radical (unpaired) electrons. The lowest BCUT2D eigenvalue weighted by atomic mass is 10.1. The van der Waals surface area contributed by atoms with E-state index in [2.05, 4.69) is 41.6 Å². The van der Waals surface area contributed by atoms with E-state index in [1.807, 2.05) is 42.5 Å². The average Bonchev–Trinajstić information content (AvgIpc) is 2.42. The van der Waals surface area contributed by atoms with Crippen molar-refractivity contribution in [2.45, 2.75) is 13.8 Å². The van der Waals surface area contributed by atoms with Crippen LogP contribution in [0.4, 0.5) is 0 Å². The minimum absolute atomic E-state index is 0.398. The van der Waals surface area contributed by atoms with Gasteiger partial charge in [-0.1, -0.05) is 46.0 Å². The molecule has 1 nitrogen and oxygen atoms in total. The van der Waals surface area contributed by atoms with E-state index in [-0.39, 0.29) is 0 Å². The van der Waals surface area contributed by atoms with Crippen LogP contribution in [-0.4, -0.2) is 6.61 Å². The van der Waals surface area contributed by atoms with Crippen molar-refractivity contribution < 1.29 is 4.74 Å². The molecule has 96 valence electrons. The van der Waals surface area contributed by atoms with Crippen LogP contribution in [0.3, 0.4) is 0 Å². The van der Waals surface area contributed by atoms with Crippen LogP contribution in [0.25, 0.3) is 0 Å². The van der Waals surface area contributed by atoms with Crippen LogP contribution in [0, 0.1) is 25.7 Å². The van der Waals surface area contributed by atoms with E-state index in [0.29, 0.717) is 6.61 Å². The molecule has 0 aromatic heterocycles. The molecule has 0 aliphatic carbocycles. The SMILES string of the molecule is Cc1cc(OCC#Cc2ccccc2)cc(C)c1Br. The first kappa shape index (κ1) is 13.7. The topological polar surface area (TPSA) is 9.23 Å². The fraction of sp³-hybridized carbons (Fsp3) is 0.176. The van der Waals surface area contributed by atoms with Crippen LogP contribution < -0.4 is 4.74 Å². The summed E-state index contributed by atoms with van der Waals surface area (Å²) in [5, 5.41) is 0. The summed E-state index contributed by atoms with van der Waals surface area (Å²) in [4.78, 5) is 0. The molecule has 0 saturated heterocycles. The molecule has 2 rings (SSSR count). The van der Waals surface area contributed by atoms with Crippen molar-refractivity contribution >= 4 is 15.9 Å². The highest BCUT2D eigenvalue weighted by atomic mass is 79.9. The van der Waals surface area contributed by atoms with Crippen LogP contribution in [0.5, 0.6) is 5.75 Å². The Labute approximate surface area is 122 Å². The fourth-order valence-corrected chi connectivity index (χ4v) is 2.00. The molecule has 0 saturated carbocycles. The molecule has 2 heteroatoms. The van der Waals surface area contributed by atoms with Crippen LogP contribution in [0.15, 0.2) is 46.9 Å². The standard InChI is InChI=1S/C17H15BrO/c1-13-11-16(12-14(2)17(13)18)19-10-6-9-15-7-4-3-5-8-15/h3-5,7-8,11-12H,10H2,1-2H3. The second-order valence-electron chi connectivity index (χ2n) is 4.33. The molecule has 0 aliphatic rings. The van der Waals surface area contributed by atoms with Gasteiger partial charge in [0.05, 0.1) is 0 Å². The lowest BCUT2D eigenvalue weighted by Crippen LogP contribution is -1.95. The Morgan fingerprint density at radius 3 is 2.32 bits per heavy atom. The third kappa shape index (κ3) is 3.87. The lowest BCUT2D eigenvalue weighted by molar-refractivity contribution is 0.369. The van der Waals surface area contributed by atoms with E-state index in [1.165, 1.54) is 11.1 Å². The predicted octanol–water partition coefficient (Wildman–Crippen LogP) is 4.50. The van der Waals surface area contributed by atoms with Crippen molar-refractivity contribution in [2.75, 3.05) is 6.61 Å². The maximum Gasteiger partial charge on any atom is 0.149 e. The quantitative estimate of drug-likeness (QED) is 0.742. The Kier molecular flexibility index (Phi) is 4.65. The van der Waals surface area contributed by atoms with E-state index in [4.69, 9.17) is 4.74 Å². The van der Waals surface area contributed by atoms with Crippen molar-refractivity contribution in [3.63, 3.8) is 0 Å². The molecule has 0 heterocycles.